The SMILES string of the molecule is CCCC(CO)Cc1cc(C)ccc1OC. The van der Waals surface area contributed by atoms with Crippen molar-refractivity contribution in [3.8, 4) is 5.75 Å². The monoisotopic (exact) mass is 222 g/mol. The van der Waals surface area contributed by atoms with Gasteiger partial charge in [-0.15, -0.1) is 0 Å². The molecule has 0 saturated carbocycles. The van der Waals surface area contributed by atoms with Crippen molar-refractivity contribution in [3.63, 3.8) is 0 Å². The second-order valence-corrected chi connectivity index (χ2v) is 4.36. The van der Waals surface area contributed by atoms with Gasteiger partial charge in [0.25, 0.3) is 0 Å². The molecule has 0 amide bonds. The van der Waals surface area contributed by atoms with E-state index in [1.165, 1.54) is 11.1 Å². The summed E-state index contributed by atoms with van der Waals surface area (Å²) >= 11 is 0. The first-order valence-electron chi connectivity index (χ1n) is 5.95. The van der Waals surface area contributed by atoms with Crippen LogP contribution >= 0.6 is 0 Å². The normalized spacial score (nSPS) is 12.5. The molecule has 0 aliphatic carbocycles. The highest BCUT2D eigenvalue weighted by atomic mass is 16.5. The van der Waals surface area contributed by atoms with E-state index in [9.17, 15) is 5.11 Å². The summed E-state index contributed by atoms with van der Waals surface area (Å²) in [6, 6.07) is 6.21. The fourth-order valence-corrected chi connectivity index (χ4v) is 2.04. The summed E-state index contributed by atoms with van der Waals surface area (Å²) in [6.07, 6.45) is 3.07. The molecule has 0 bridgehead atoms. The summed E-state index contributed by atoms with van der Waals surface area (Å²) in [5, 5.41) is 9.31. The Morgan fingerprint density at radius 1 is 1.38 bits per heavy atom. The third kappa shape index (κ3) is 3.53. The Morgan fingerprint density at radius 3 is 2.69 bits per heavy atom. The van der Waals surface area contributed by atoms with Crippen LogP contribution in [0.25, 0.3) is 0 Å². The Kier molecular flexibility index (Phi) is 5.33. The van der Waals surface area contributed by atoms with Crippen molar-refractivity contribution in [1.82, 2.24) is 0 Å². The molecule has 0 radical (unpaired) electrons. The van der Waals surface area contributed by atoms with Crippen molar-refractivity contribution in [3.05, 3.63) is 29.3 Å². The van der Waals surface area contributed by atoms with Crippen molar-refractivity contribution < 1.29 is 9.84 Å². The first kappa shape index (κ1) is 13.0. The smallest absolute Gasteiger partial charge is 0.122 e. The van der Waals surface area contributed by atoms with Crippen LogP contribution in [0.15, 0.2) is 18.2 Å². The van der Waals surface area contributed by atoms with Crippen LogP contribution in [0.4, 0.5) is 0 Å². The van der Waals surface area contributed by atoms with Crippen molar-refractivity contribution in [2.45, 2.75) is 33.1 Å². The molecule has 16 heavy (non-hydrogen) atoms. The third-order valence-corrected chi connectivity index (χ3v) is 2.90. The van der Waals surface area contributed by atoms with Crippen LogP contribution in [-0.4, -0.2) is 18.8 Å². The zero-order chi connectivity index (χ0) is 12.0. The molecule has 0 aliphatic heterocycles. The van der Waals surface area contributed by atoms with Crippen molar-refractivity contribution in [1.29, 1.82) is 0 Å². The van der Waals surface area contributed by atoms with Crippen LogP contribution in [0.1, 0.15) is 30.9 Å². The molecule has 1 aromatic carbocycles. The van der Waals surface area contributed by atoms with Gasteiger partial charge in [0, 0.05) is 6.61 Å². The lowest BCUT2D eigenvalue weighted by molar-refractivity contribution is 0.216. The van der Waals surface area contributed by atoms with Gasteiger partial charge in [-0.1, -0.05) is 31.0 Å². The summed E-state index contributed by atoms with van der Waals surface area (Å²) in [4.78, 5) is 0. The number of ether oxygens (including phenoxy) is 1. The Labute approximate surface area is 98.3 Å². The number of hydrogen-bond acceptors (Lipinski definition) is 2. The van der Waals surface area contributed by atoms with Crippen LogP contribution in [0.3, 0.4) is 0 Å². The van der Waals surface area contributed by atoms with E-state index in [1.54, 1.807) is 7.11 Å². The molecule has 0 aliphatic rings. The summed E-state index contributed by atoms with van der Waals surface area (Å²) in [5.41, 5.74) is 2.44. The number of aryl methyl sites for hydroxylation is 1. The summed E-state index contributed by atoms with van der Waals surface area (Å²) < 4.78 is 5.34. The molecule has 0 saturated heterocycles. The number of benzene rings is 1. The van der Waals surface area contributed by atoms with E-state index in [0.29, 0.717) is 5.92 Å². The van der Waals surface area contributed by atoms with E-state index < -0.39 is 0 Å². The number of methoxy groups -OCH3 is 1. The molecule has 0 aromatic heterocycles. The summed E-state index contributed by atoms with van der Waals surface area (Å²) in [7, 11) is 1.70. The minimum Gasteiger partial charge on any atom is -0.496 e. The van der Waals surface area contributed by atoms with Gasteiger partial charge < -0.3 is 9.84 Å². The van der Waals surface area contributed by atoms with Crippen molar-refractivity contribution in [2.24, 2.45) is 5.92 Å². The molecule has 0 spiro atoms. The lowest BCUT2D eigenvalue weighted by Crippen LogP contribution is -2.10. The quantitative estimate of drug-likeness (QED) is 0.802. The van der Waals surface area contributed by atoms with E-state index in [4.69, 9.17) is 4.74 Å². The number of rotatable bonds is 6. The van der Waals surface area contributed by atoms with E-state index in [-0.39, 0.29) is 6.61 Å². The maximum Gasteiger partial charge on any atom is 0.122 e. The minimum atomic E-state index is 0.255. The van der Waals surface area contributed by atoms with Crippen LogP contribution in [-0.2, 0) is 6.42 Å². The standard InChI is InChI=1S/C14H22O2/c1-4-5-12(10-15)9-13-8-11(2)6-7-14(13)16-3/h6-8,12,15H,4-5,9-10H2,1-3H3. The molecule has 1 rings (SSSR count). The van der Waals surface area contributed by atoms with E-state index in [1.807, 2.05) is 6.07 Å². The Hall–Kier alpha value is -1.02. The highest BCUT2D eigenvalue weighted by molar-refractivity contribution is 5.37. The fourth-order valence-electron chi connectivity index (χ4n) is 2.04. The van der Waals surface area contributed by atoms with Crippen molar-refractivity contribution >= 4 is 0 Å². The van der Waals surface area contributed by atoms with Gasteiger partial charge in [-0.05, 0) is 37.3 Å². The average Bonchev–Trinajstić information content (AvgIpc) is 2.29. The molecule has 2 heteroatoms. The first-order chi connectivity index (χ1) is 7.71. The zero-order valence-electron chi connectivity index (χ0n) is 10.5. The summed E-state index contributed by atoms with van der Waals surface area (Å²) in [5.74, 6) is 1.28. The topological polar surface area (TPSA) is 29.5 Å². The lowest BCUT2D eigenvalue weighted by atomic mass is 9.94. The van der Waals surface area contributed by atoms with Crippen LogP contribution < -0.4 is 4.74 Å². The maximum absolute atomic E-state index is 9.31. The molecule has 2 nitrogen and oxygen atoms in total. The van der Waals surface area contributed by atoms with Crippen LogP contribution in [0, 0.1) is 12.8 Å². The van der Waals surface area contributed by atoms with Gasteiger partial charge in [-0.25, -0.2) is 0 Å². The van der Waals surface area contributed by atoms with Gasteiger partial charge >= 0.3 is 0 Å². The molecule has 0 fully saturated rings. The van der Waals surface area contributed by atoms with Crippen LogP contribution in [0.5, 0.6) is 5.75 Å². The van der Waals surface area contributed by atoms with Gasteiger partial charge in [0.2, 0.25) is 0 Å². The van der Waals surface area contributed by atoms with Gasteiger partial charge in [0.15, 0.2) is 0 Å². The molecule has 1 unspecified atom stereocenters. The Morgan fingerprint density at radius 2 is 2.12 bits per heavy atom. The molecule has 1 aromatic rings. The molecule has 1 atom stereocenters. The average molecular weight is 222 g/mol. The Balaban J connectivity index is 2.80. The molecule has 0 heterocycles. The van der Waals surface area contributed by atoms with E-state index in [0.717, 1.165) is 25.0 Å². The predicted octanol–water partition coefficient (Wildman–Crippen LogP) is 2.95. The van der Waals surface area contributed by atoms with E-state index >= 15 is 0 Å². The van der Waals surface area contributed by atoms with Gasteiger partial charge in [0.1, 0.15) is 5.75 Å². The van der Waals surface area contributed by atoms with Gasteiger partial charge in [-0.2, -0.15) is 0 Å². The van der Waals surface area contributed by atoms with E-state index in [2.05, 4.69) is 26.0 Å². The molecule has 1 N–H and O–H groups in total. The maximum atomic E-state index is 9.31. The van der Waals surface area contributed by atoms with Gasteiger partial charge in [-0.3, -0.25) is 0 Å². The lowest BCUT2D eigenvalue weighted by Gasteiger charge is -2.16. The second-order valence-electron chi connectivity index (χ2n) is 4.36. The first-order valence-corrected chi connectivity index (χ1v) is 5.95. The molecular formula is C14H22O2. The Bertz CT molecular complexity index is 321. The number of hydrogen-bond donors (Lipinski definition) is 1. The highest BCUT2D eigenvalue weighted by Crippen LogP contribution is 2.24. The number of aliphatic hydroxyl groups excluding tert-OH is 1. The second kappa shape index (κ2) is 6.54. The molecular weight excluding hydrogens is 200 g/mol. The van der Waals surface area contributed by atoms with Gasteiger partial charge in [0.05, 0.1) is 7.11 Å². The third-order valence-electron chi connectivity index (χ3n) is 2.90. The minimum absolute atomic E-state index is 0.255. The summed E-state index contributed by atoms with van der Waals surface area (Å²) in [6.45, 7) is 4.48. The predicted molar refractivity (Wildman–Crippen MR) is 66.9 cm³/mol. The van der Waals surface area contributed by atoms with Crippen molar-refractivity contribution in [2.75, 3.05) is 13.7 Å². The number of aliphatic hydroxyl groups is 1. The fraction of sp³-hybridized carbons (Fsp3) is 0.571. The molecule has 90 valence electrons. The largest absolute Gasteiger partial charge is 0.496 e. The van der Waals surface area contributed by atoms with Crippen LogP contribution in [0.2, 0.25) is 0 Å². The zero-order valence-corrected chi connectivity index (χ0v) is 10.5. The highest BCUT2D eigenvalue weighted by Gasteiger charge is 2.11.